The number of amidine groups is 1. The average molecular weight is 622 g/mol. The number of fused-ring (bicyclic) bond motifs is 4. The molecule has 1 aromatic heterocycles. The highest BCUT2D eigenvalue weighted by molar-refractivity contribution is 7.25. The van der Waals surface area contributed by atoms with Crippen molar-refractivity contribution in [1.82, 2.24) is 10.6 Å². The van der Waals surface area contributed by atoms with E-state index in [1.807, 2.05) is 17.4 Å². The number of nitrogens with zero attached hydrogens (tertiary/aromatic N) is 1. The number of aliphatic imine (C=N–C) groups is 1. The lowest BCUT2D eigenvalue weighted by Gasteiger charge is -2.33. The number of nitrogens with one attached hydrogen (secondary N) is 2. The summed E-state index contributed by atoms with van der Waals surface area (Å²) in [6.45, 7) is 0. The van der Waals surface area contributed by atoms with Crippen molar-refractivity contribution >= 4 is 48.1 Å². The Morgan fingerprint density at radius 3 is 1.98 bits per heavy atom. The van der Waals surface area contributed by atoms with Crippen LogP contribution in [0.15, 0.2) is 169 Å². The number of thiophene rings is 1. The first-order chi connectivity index (χ1) is 23.3. The number of benzene rings is 7. The highest BCUT2D eigenvalue weighted by atomic mass is 32.1. The second kappa shape index (κ2) is 11.7. The van der Waals surface area contributed by atoms with Crippen molar-refractivity contribution in [3.63, 3.8) is 0 Å². The fraction of sp³-hybridized carbons (Fsp3) is 0.0465. The van der Waals surface area contributed by atoms with Gasteiger partial charge in [0.2, 0.25) is 0 Å². The van der Waals surface area contributed by atoms with Crippen LogP contribution in [0.25, 0.3) is 53.2 Å². The zero-order chi connectivity index (χ0) is 31.2. The predicted molar refractivity (Wildman–Crippen MR) is 199 cm³/mol. The van der Waals surface area contributed by atoms with E-state index in [9.17, 15) is 0 Å². The van der Waals surface area contributed by atoms with Crippen LogP contribution in [0.2, 0.25) is 0 Å². The van der Waals surface area contributed by atoms with Gasteiger partial charge in [-0.25, -0.2) is 4.99 Å². The maximum atomic E-state index is 5.34. The molecule has 9 rings (SSSR count). The summed E-state index contributed by atoms with van der Waals surface area (Å²) in [6, 6.07) is 58.7. The van der Waals surface area contributed by atoms with Gasteiger partial charge in [-0.1, -0.05) is 146 Å². The Balaban J connectivity index is 1.16. The van der Waals surface area contributed by atoms with E-state index >= 15 is 0 Å². The van der Waals surface area contributed by atoms with Gasteiger partial charge >= 0.3 is 0 Å². The molecule has 2 N–H and O–H groups in total. The lowest BCUT2D eigenvalue weighted by atomic mass is 9.91. The predicted octanol–water partition coefficient (Wildman–Crippen LogP) is 10.9. The summed E-state index contributed by atoms with van der Waals surface area (Å²) in [4.78, 5) is 5.34. The fourth-order valence-corrected chi connectivity index (χ4v) is 7.94. The van der Waals surface area contributed by atoms with E-state index in [1.54, 1.807) is 0 Å². The Kier molecular flexibility index (Phi) is 6.89. The second-order valence-electron chi connectivity index (χ2n) is 12.0. The molecule has 2 unspecified atom stereocenters. The molecule has 8 aromatic rings. The topological polar surface area (TPSA) is 36.4 Å². The third-order valence-electron chi connectivity index (χ3n) is 9.19. The summed E-state index contributed by atoms with van der Waals surface area (Å²) in [5.41, 5.74) is 8.21. The van der Waals surface area contributed by atoms with Gasteiger partial charge in [0, 0.05) is 31.3 Å². The summed E-state index contributed by atoms with van der Waals surface area (Å²) >= 11 is 1.86. The number of rotatable bonds is 5. The van der Waals surface area contributed by atoms with Gasteiger partial charge in [-0.15, -0.1) is 11.3 Å². The summed E-state index contributed by atoms with van der Waals surface area (Å²) < 4.78 is 2.66. The summed E-state index contributed by atoms with van der Waals surface area (Å²) in [6.07, 6.45) is -0.377. The van der Waals surface area contributed by atoms with Crippen LogP contribution in [0.1, 0.15) is 29.0 Å². The van der Waals surface area contributed by atoms with Gasteiger partial charge in [0.1, 0.15) is 18.2 Å². The number of hydrogen-bond donors (Lipinski definition) is 2. The molecule has 0 spiro atoms. The van der Waals surface area contributed by atoms with E-state index in [1.165, 1.54) is 64.3 Å². The Bertz CT molecular complexity index is 2410. The van der Waals surface area contributed by atoms with Gasteiger partial charge in [-0.3, -0.25) is 5.32 Å². The molecule has 2 atom stereocenters. The minimum atomic E-state index is -0.272. The first-order valence-corrected chi connectivity index (χ1v) is 16.8. The van der Waals surface area contributed by atoms with Crippen LogP contribution in [0.3, 0.4) is 0 Å². The fourth-order valence-electron chi connectivity index (χ4n) is 6.86. The maximum absolute atomic E-state index is 5.34. The molecular weight excluding hydrogens is 591 g/mol. The summed E-state index contributed by atoms with van der Waals surface area (Å²) in [5.74, 6) is 0.883. The van der Waals surface area contributed by atoms with Gasteiger partial charge < -0.3 is 5.32 Å². The second-order valence-corrected chi connectivity index (χ2v) is 13.1. The van der Waals surface area contributed by atoms with Gasteiger partial charge in [0.05, 0.1) is 0 Å². The third-order valence-corrected chi connectivity index (χ3v) is 10.3. The normalized spacial score (nSPS) is 16.3. The van der Waals surface area contributed by atoms with Gasteiger partial charge in [0.15, 0.2) is 0 Å². The Hall–Kier alpha value is -5.55. The number of hydrogen-bond acceptors (Lipinski definition) is 4. The van der Waals surface area contributed by atoms with E-state index in [0.717, 1.165) is 11.4 Å². The lowest BCUT2D eigenvalue weighted by Crippen LogP contribution is -2.45. The molecule has 0 aliphatic carbocycles. The smallest absolute Gasteiger partial charge is 0.131 e. The summed E-state index contributed by atoms with van der Waals surface area (Å²) in [5, 5.41) is 12.6. The molecule has 1 aliphatic rings. The molecule has 4 heteroatoms. The monoisotopic (exact) mass is 621 g/mol. The molecule has 0 fully saturated rings. The minimum absolute atomic E-state index is 0.105. The van der Waals surface area contributed by atoms with Crippen LogP contribution in [0, 0.1) is 0 Å². The Morgan fingerprint density at radius 1 is 0.489 bits per heavy atom. The molecular formula is C43H31N3S. The zero-order valence-electron chi connectivity index (χ0n) is 25.6. The first kappa shape index (κ1) is 27.7. The Labute approximate surface area is 277 Å². The highest BCUT2D eigenvalue weighted by Gasteiger charge is 2.28. The highest BCUT2D eigenvalue weighted by Crippen LogP contribution is 2.40. The van der Waals surface area contributed by atoms with Crippen molar-refractivity contribution in [3.8, 4) is 22.3 Å². The molecule has 0 amide bonds. The van der Waals surface area contributed by atoms with Crippen LogP contribution < -0.4 is 10.6 Å². The molecule has 7 aromatic carbocycles. The van der Waals surface area contributed by atoms with Crippen LogP contribution in [0.4, 0.5) is 0 Å². The van der Waals surface area contributed by atoms with E-state index in [0.29, 0.717) is 0 Å². The van der Waals surface area contributed by atoms with Crippen molar-refractivity contribution in [1.29, 1.82) is 0 Å². The van der Waals surface area contributed by atoms with Crippen LogP contribution >= 0.6 is 11.3 Å². The third kappa shape index (κ3) is 5.08. The minimum Gasteiger partial charge on any atom is -0.350 e. The van der Waals surface area contributed by atoms with E-state index in [-0.39, 0.29) is 12.3 Å². The van der Waals surface area contributed by atoms with Crippen LogP contribution in [0.5, 0.6) is 0 Å². The molecule has 3 nitrogen and oxygen atoms in total. The van der Waals surface area contributed by atoms with Crippen molar-refractivity contribution in [2.24, 2.45) is 4.99 Å². The van der Waals surface area contributed by atoms with E-state index < -0.39 is 0 Å². The van der Waals surface area contributed by atoms with E-state index in [4.69, 9.17) is 4.99 Å². The molecule has 0 bridgehead atoms. The maximum Gasteiger partial charge on any atom is 0.131 e. The summed E-state index contributed by atoms with van der Waals surface area (Å²) in [7, 11) is 0. The molecule has 0 radical (unpaired) electrons. The average Bonchev–Trinajstić information content (AvgIpc) is 3.53. The van der Waals surface area contributed by atoms with Gasteiger partial charge in [-0.05, 0) is 56.8 Å². The quantitative estimate of drug-likeness (QED) is 0.201. The molecule has 0 saturated carbocycles. The standard InChI is InChI=1S/C43H31N3S/c1-3-12-31(13-4-1)41-44-42(32-14-5-2-6-15-32)46-43(45-41)40-34-16-8-7-11-29(34)23-25-35(40)30-21-19-28(20-22-30)33-24-26-39-37(27-33)36-17-9-10-18-38(36)47-39/h1-27,41,43,45H,(H,44,46). The molecule has 224 valence electrons. The zero-order valence-corrected chi connectivity index (χ0v) is 26.4. The molecule has 2 heterocycles. The lowest BCUT2D eigenvalue weighted by molar-refractivity contribution is 0.411. The van der Waals surface area contributed by atoms with Crippen molar-refractivity contribution in [2.45, 2.75) is 12.3 Å². The van der Waals surface area contributed by atoms with E-state index in [2.05, 4.69) is 168 Å². The van der Waals surface area contributed by atoms with Crippen molar-refractivity contribution in [3.05, 3.63) is 180 Å². The first-order valence-electron chi connectivity index (χ1n) is 16.0. The van der Waals surface area contributed by atoms with Crippen LogP contribution in [-0.4, -0.2) is 5.84 Å². The Morgan fingerprint density at radius 2 is 1.15 bits per heavy atom. The van der Waals surface area contributed by atoms with Crippen molar-refractivity contribution < 1.29 is 0 Å². The van der Waals surface area contributed by atoms with Gasteiger partial charge in [-0.2, -0.15) is 0 Å². The molecule has 1 aliphatic heterocycles. The SMILES string of the molecule is c1ccc(C2=NC(c3c(-c4ccc(-c5ccc6sc7ccccc7c6c5)cc4)ccc4ccccc34)NC(c3ccccc3)N2)cc1. The van der Waals surface area contributed by atoms with Crippen LogP contribution in [-0.2, 0) is 0 Å². The molecule has 0 saturated heterocycles. The van der Waals surface area contributed by atoms with Crippen molar-refractivity contribution in [2.75, 3.05) is 0 Å². The largest absolute Gasteiger partial charge is 0.350 e. The van der Waals surface area contributed by atoms with Gasteiger partial charge in [0.25, 0.3) is 0 Å². The molecule has 47 heavy (non-hydrogen) atoms.